The molecule has 6 aliphatic rings. The number of aromatic hydroxyl groups is 1. The maximum absolute atomic E-state index is 15.5. The Morgan fingerprint density at radius 2 is 1.59 bits per heavy atom. The van der Waals surface area contributed by atoms with Crippen LogP contribution in [0.4, 0.5) is 21.6 Å². The van der Waals surface area contributed by atoms with Crippen LogP contribution in [0.15, 0.2) is 42.5 Å². The van der Waals surface area contributed by atoms with Crippen LogP contribution in [0.1, 0.15) is 59.7 Å². The molecule has 1 aromatic heterocycles. The summed E-state index contributed by atoms with van der Waals surface area (Å²) in [5.41, 5.74) is 2.77. The van der Waals surface area contributed by atoms with Gasteiger partial charge in [-0.25, -0.2) is 4.39 Å². The van der Waals surface area contributed by atoms with Crippen LogP contribution in [-0.2, 0) is 9.59 Å². The third-order valence-electron chi connectivity index (χ3n) is 13.0. The molecule has 4 atom stereocenters. The number of carbonyl (C=O) groups is 4. The van der Waals surface area contributed by atoms with Gasteiger partial charge in [0.2, 0.25) is 11.8 Å². The number of rotatable bonds is 7. The number of phenolic OH excluding ortho intramolecular Hbond substituents is 1. The predicted octanol–water partition coefficient (Wildman–Crippen LogP) is 3.18. The van der Waals surface area contributed by atoms with Crippen LogP contribution >= 0.6 is 0 Å². The maximum Gasteiger partial charge on any atom is 0.262 e. The van der Waals surface area contributed by atoms with E-state index in [-0.39, 0.29) is 29.7 Å². The van der Waals surface area contributed by atoms with Gasteiger partial charge in [0.15, 0.2) is 5.82 Å². The highest BCUT2D eigenvalue weighted by Gasteiger charge is 2.45. The zero-order valence-electron chi connectivity index (χ0n) is 31.6. The normalized spacial score (nSPS) is 26.1. The molecular weight excluding hydrogens is 718 g/mol. The molecule has 0 radical (unpaired) electrons. The number of para-hydroxylation sites is 1. The lowest BCUT2D eigenvalue weighted by molar-refractivity contribution is -0.136. The number of hydrogen-bond acceptors (Lipinski definition) is 12. The molecule has 3 unspecified atom stereocenters. The van der Waals surface area contributed by atoms with Gasteiger partial charge in [-0.05, 0) is 80.3 Å². The van der Waals surface area contributed by atoms with Gasteiger partial charge in [0.05, 0.1) is 34.2 Å². The summed E-state index contributed by atoms with van der Waals surface area (Å²) in [6, 6.07) is 11.1. The highest BCUT2D eigenvalue weighted by Crippen LogP contribution is 2.38. The predicted molar refractivity (Wildman–Crippen MR) is 207 cm³/mol. The van der Waals surface area contributed by atoms with E-state index in [1.54, 1.807) is 12.1 Å². The van der Waals surface area contributed by atoms with Gasteiger partial charge in [0, 0.05) is 70.9 Å². The molecule has 0 bridgehead atoms. The van der Waals surface area contributed by atoms with Crippen LogP contribution < -0.4 is 20.4 Å². The summed E-state index contributed by atoms with van der Waals surface area (Å²) in [5.74, 6) is -0.308. The van der Waals surface area contributed by atoms with Crippen LogP contribution in [0.5, 0.6) is 5.75 Å². The summed E-state index contributed by atoms with van der Waals surface area (Å²) < 4.78 is 15.5. The van der Waals surface area contributed by atoms with E-state index in [4.69, 9.17) is 0 Å². The number of anilines is 3. The molecule has 0 saturated carbocycles. The Bertz CT molecular complexity index is 2070. The van der Waals surface area contributed by atoms with Gasteiger partial charge in [-0.15, -0.1) is 10.2 Å². The Balaban J connectivity index is 0.756. The molecule has 4 amide bonds. The number of aromatic nitrogens is 2. The number of imide groups is 2. The van der Waals surface area contributed by atoms with Crippen molar-refractivity contribution in [2.75, 3.05) is 80.6 Å². The van der Waals surface area contributed by atoms with Crippen molar-refractivity contribution in [2.45, 2.75) is 51.1 Å². The molecular formula is C41H48FN9O5. The van der Waals surface area contributed by atoms with E-state index in [0.29, 0.717) is 53.8 Å². The number of likely N-dealkylation sites (tertiary alicyclic amines) is 1. The van der Waals surface area contributed by atoms with Gasteiger partial charge >= 0.3 is 0 Å². The lowest BCUT2D eigenvalue weighted by Crippen LogP contribution is -2.59. The number of carbonyl (C=O) groups excluding carboxylic acids is 4. The molecule has 56 heavy (non-hydrogen) atoms. The third-order valence-corrected chi connectivity index (χ3v) is 13.0. The van der Waals surface area contributed by atoms with Gasteiger partial charge in [-0.1, -0.05) is 19.1 Å². The van der Waals surface area contributed by atoms with Crippen molar-refractivity contribution >= 4 is 40.8 Å². The average Bonchev–Trinajstić information content (AvgIpc) is 3.43. The van der Waals surface area contributed by atoms with Crippen LogP contribution in [0.25, 0.3) is 11.3 Å². The zero-order chi connectivity index (χ0) is 38.7. The molecule has 7 heterocycles. The van der Waals surface area contributed by atoms with Crippen molar-refractivity contribution in [1.82, 2.24) is 30.2 Å². The molecule has 14 nitrogen and oxygen atoms in total. The zero-order valence-corrected chi connectivity index (χ0v) is 31.6. The number of piperazine rings is 1. The van der Waals surface area contributed by atoms with Gasteiger partial charge in [0.1, 0.15) is 17.6 Å². The van der Waals surface area contributed by atoms with Crippen molar-refractivity contribution < 1.29 is 28.7 Å². The minimum Gasteiger partial charge on any atom is -0.507 e. The van der Waals surface area contributed by atoms with Crippen molar-refractivity contribution in [1.29, 1.82) is 0 Å². The SMILES string of the molecule is CC1CN(CC2CCN(c3cc4c(cc3F)C(=O)N(C3CCC(=O)NC3=O)C4=O)CC2)CCC1CN1CCN2c3cc(-c4ccccc4O)nnc3NC[C@H]2C1. The van der Waals surface area contributed by atoms with Crippen LogP contribution in [-0.4, -0.2) is 131 Å². The van der Waals surface area contributed by atoms with E-state index in [2.05, 4.69) is 42.5 Å². The summed E-state index contributed by atoms with van der Waals surface area (Å²) in [7, 11) is 0. The van der Waals surface area contributed by atoms with Gasteiger partial charge < -0.3 is 25.1 Å². The number of amides is 4. The molecule has 294 valence electrons. The molecule has 15 heteroatoms. The molecule has 3 N–H and O–H groups in total. The van der Waals surface area contributed by atoms with Crippen molar-refractivity contribution in [2.24, 2.45) is 17.8 Å². The van der Waals surface area contributed by atoms with E-state index in [0.717, 1.165) is 94.1 Å². The van der Waals surface area contributed by atoms with Crippen LogP contribution in [0.3, 0.4) is 0 Å². The fraction of sp³-hybridized carbons (Fsp3) is 0.512. The topological polar surface area (TPSA) is 155 Å². The third kappa shape index (κ3) is 6.74. The molecule has 6 aliphatic heterocycles. The summed E-state index contributed by atoms with van der Waals surface area (Å²) in [6.07, 6.45) is 3.06. The summed E-state index contributed by atoms with van der Waals surface area (Å²) in [6.45, 7) is 11.7. The minimum absolute atomic E-state index is 0.0318. The van der Waals surface area contributed by atoms with Gasteiger partial charge in [-0.3, -0.25) is 34.3 Å². The van der Waals surface area contributed by atoms with Gasteiger partial charge in [-0.2, -0.15) is 0 Å². The lowest BCUT2D eigenvalue weighted by atomic mass is 9.85. The fourth-order valence-corrected chi connectivity index (χ4v) is 9.83. The number of piperidine rings is 3. The highest BCUT2D eigenvalue weighted by atomic mass is 19.1. The fourth-order valence-electron chi connectivity index (χ4n) is 9.83. The molecule has 0 spiro atoms. The average molecular weight is 766 g/mol. The number of hydrogen-bond donors (Lipinski definition) is 3. The van der Waals surface area contributed by atoms with E-state index in [1.165, 1.54) is 6.07 Å². The first-order valence-electron chi connectivity index (χ1n) is 20.0. The minimum atomic E-state index is -1.08. The first-order chi connectivity index (χ1) is 27.1. The second kappa shape index (κ2) is 14.7. The Labute approximate surface area is 325 Å². The van der Waals surface area contributed by atoms with E-state index < -0.39 is 35.5 Å². The second-order valence-electron chi connectivity index (χ2n) is 16.5. The molecule has 4 fully saturated rings. The number of fused-ring (bicyclic) bond motifs is 4. The van der Waals surface area contributed by atoms with E-state index in [9.17, 15) is 24.3 Å². The van der Waals surface area contributed by atoms with Crippen LogP contribution in [0, 0.1) is 23.6 Å². The monoisotopic (exact) mass is 765 g/mol. The Hall–Kier alpha value is -5.15. The smallest absolute Gasteiger partial charge is 0.262 e. The molecule has 4 saturated heterocycles. The number of nitrogens with zero attached hydrogens (tertiary/aromatic N) is 7. The van der Waals surface area contributed by atoms with Crippen molar-refractivity contribution in [3.63, 3.8) is 0 Å². The van der Waals surface area contributed by atoms with Gasteiger partial charge in [0.25, 0.3) is 11.8 Å². The van der Waals surface area contributed by atoms with E-state index in [1.807, 2.05) is 23.1 Å². The molecule has 9 rings (SSSR count). The summed E-state index contributed by atoms with van der Waals surface area (Å²) in [5, 5.41) is 24.9. The first kappa shape index (κ1) is 36.5. The largest absolute Gasteiger partial charge is 0.507 e. The van der Waals surface area contributed by atoms with Crippen molar-refractivity contribution in [3.8, 4) is 17.0 Å². The molecule has 0 aliphatic carbocycles. The highest BCUT2D eigenvalue weighted by molar-refractivity contribution is 6.23. The number of phenols is 1. The Kier molecular flexibility index (Phi) is 9.60. The summed E-state index contributed by atoms with van der Waals surface area (Å²) in [4.78, 5) is 61.1. The maximum atomic E-state index is 15.5. The molecule has 3 aromatic rings. The number of benzene rings is 2. The number of halogens is 1. The second-order valence-corrected chi connectivity index (χ2v) is 16.5. The summed E-state index contributed by atoms with van der Waals surface area (Å²) >= 11 is 0. The van der Waals surface area contributed by atoms with Crippen LogP contribution in [0.2, 0.25) is 0 Å². The Morgan fingerprint density at radius 3 is 2.36 bits per heavy atom. The number of nitrogens with one attached hydrogen (secondary N) is 2. The Morgan fingerprint density at radius 1 is 0.821 bits per heavy atom. The lowest BCUT2D eigenvalue weighted by Gasteiger charge is -2.47. The first-order valence-corrected chi connectivity index (χ1v) is 20.0. The standard InChI is InChI=1S/C41H48FN9O5/c1-24-20-47(11-10-26(24)22-48-14-15-50-27(23-48)19-43-38-35(50)18-32(45-46-38)28-4-2-3-5-36(28)52)21-25-8-12-49(13-9-25)34-17-30-29(16-31(34)42)40(55)51(41(30)56)33-6-7-37(53)44-39(33)54/h2-5,16-18,24-27,33,52H,6-15,19-23H2,1H3,(H,43,46)(H,44,53,54)/t24?,26?,27-,33?/m0/s1. The van der Waals surface area contributed by atoms with Crippen molar-refractivity contribution in [3.05, 3.63) is 59.4 Å². The van der Waals surface area contributed by atoms with E-state index >= 15 is 4.39 Å². The quantitative estimate of drug-likeness (QED) is 0.303. The molecule has 2 aromatic carbocycles.